The van der Waals surface area contributed by atoms with Gasteiger partial charge < -0.3 is 4.90 Å². The van der Waals surface area contributed by atoms with Crippen molar-refractivity contribution >= 4 is 5.84 Å². The monoisotopic (exact) mass is 167 g/mol. The second kappa shape index (κ2) is 4.26. The topological polar surface area (TPSA) is 18.8 Å². The molecular weight excluding hydrogens is 150 g/mol. The van der Waals surface area contributed by atoms with E-state index in [1.807, 2.05) is 6.20 Å². The summed E-state index contributed by atoms with van der Waals surface area (Å²) in [5.74, 6) is 1.14. The third kappa shape index (κ3) is 2.08. The van der Waals surface area contributed by atoms with Crippen LogP contribution in [0.4, 0.5) is 0 Å². The van der Waals surface area contributed by atoms with Crippen molar-refractivity contribution in [1.82, 2.24) is 9.80 Å². The summed E-state index contributed by atoms with van der Waals surface area (Å²) in [6.07, 6.45) is 1.86. The lowest BCUT2D eigenvalue weighted by molar-refractivity contribution is 0.301. The molecule has 1 aliphatic rings. The van der Waals surface area contributed by atoms with E-state index < -0.39 is 0 Å². The van der Waals surface area contributed by atoms with E-state index in [4.69, 9.17) is 0 Å². The molecule has 1 aliphatic heterocycles. The zero-order valence-corrected chi connectivity index (χ0v) is 7.95. The smallest absolute Gasteiger partial charge is 0.117 e. The average Bonchev–Trinajstić information content (AvgIpc) is 2.05. The minimum atomic E-state index is 0.855. The number of likely N-dealkylation sites (N-methyl/N-ethyl adjacent to an activating group) is 1. The Hall–Kier alpha value is -0.830. The molecule has 68 valence electrons. The van der Waals surface area contributed by atoms with E-state index in [-0.39, 0.29) is 0 Å². The first-order chi connectivity index (χ1) is 5.77. The SMILES string of the molecule is C=CN1CCN(C)C/C1=N/CC. The van der Waals surface area contributed by atoms with Crippen molar-refractivity contribution in [1.29, 1.82) is 0 Å². The molecule has 0 aliphatic carbocycles. The molecule has 0 bridgehead atoms. The molecule has 1 fully saturated rings. The van der Waals surface area contributed by atoms with Gasteiger partial charge in [0.15, 0.2) is 0 Å². The van der Waals surface area contributed by atoms with Gasteiger partial charge in [0.05, 0.1) is 6.54 Å². The molecule has 0 N–H and O–H groups in total. The van der Waals surface area contributed by atoms with Crippen LogP contribution in [0.3, 0.4) is 0 Å². The number of hydrogen-bond acceptors (Lipinski definition) is 2. The first kappa shape index (κ1) is 9.26. The summed E-state index contributed by atoms with van der Waals surface area (Å²) < 4.78 is 0. The van der Waals surface area contributed by atoms with E-state index in [0.29, 0.717) is 0 Å². The molecule has 0 saturated carbocycles. The van der Waals surface area contributed by atoms with E-state index in [2.05, 4.69) is 35.3 Å². The molecule has 0 aromatic carbocycles. The molecule has 0 atom stereocenters. The Bertz CT molecular complexity index is 186. The molecule has 3 nitrogen and oxygen atoms in total. The largest absolute Gasteiger partial charge is 0.335 e. The molecule has 0 radical (unpaired) electrons. The minimum Gasteiger partial charge on any atom is -0.335 e. The lowest BCUT2D eigenvalue weighted by Crippen LogP contribution is -2.46. The highest BCUT2D eigenvalue weighted by Gasteiger charge is 2.16. The molecule has 0 spiro atoms. The van der Waals surface area contributed by atoms with E-state index in [1.54, 1.807) is 0 Å². The van der Waals surface area contributed by atoms with Crippen molar-refractivity contribution in [3.05, 3.63) is 12.8 Å². The predicted octanol–water partition coefficient (Wildman–Crippen LogP) is 0.796. The summed E-state index contributed by atoms with van der Waals surface area (Å²) >= 11 is 0. The van der Waals surface area contributed by atoms with Crippen molar-refractivity contribution < 1.29 is 0 Å². The third-order valence-electron chi connectivity index (χ3n) is 2.03. The minimum absolute atomic E-state index is 0.855. The van der Waals surface area contributed by atoms with Gasteiger partial charge in [0, 0.05) is 19.6 Å². The zero-order valence-electron chi connectivity index (χ0n) is 7.95. The first-order valence-electron chi connectivity index (χ1n) is 4.39. The summed E-state index contributed by atoms with van der Waals surface area (Å²) in [6, 6.07) is 0. The van der Waals surface area contributed by atoms with Gasteiger partial charge in [0.2, 0.25) is 0 Å². The van der Waals surface area contributed by atoms with Crippen LogP contribution in [0.25, 0.3) is 0 Å². The van der Waals surface area contributed by atoms with Gasteiger partial charge >= 0.3 is 0 Å². The van der Waals surface area contributed by atoms with Crippen molar-refractivity contribution in [2.45, 2.75) is 6.92 Å². The molecule has 3 heteroatoms. The molecule has 0 aromatic heterocycles. The standard InChI is InChI=1S/C9H17N3/c1-4-10-9-8-11(3)6-7-12(9)5-2/h5H,2,4,6-8H2,1,3H3/b10-9-. The molecule has 1 heterocycles. The van der Waals surface area contributed by atoms with Crippen LogP contribution in [0.5, 0.6) is 0 Å². The van der Waals surface area contributed by atoms with Gasteiger partial charge in [0.25, 0.3) is 0 Å². The highest BCUT2D eigenvalue weighted by Crippen LogP contribution is 2.02. The van der Waals surface area contributed by atoms with E-state index >= 15 is 0 Å². The maximum atomic E-state index is 4.42. The highest BCUT2D eigenvalue weighted by atomic mass is 15.3. The van der Waals surface area contributed by atoms with Crippen molar-refractivity contribution in [2.75, 3.05) is 33.2 Å². The van der Waals surface area contributed by atoms with Crippen LogP contribution in [-0.2, 0) is 0 Å². The number of hydrogen-bond donors (Lipinski definition) is 0. The second-order valence-electron chi connectivity index (χ2n) is 3.00. The number of amidine groups is 1. The molecule has 1 saturated heterocycles. The third-order valence-corrected chi connectivity index (χ3v) is 2.03. The van der Waals surface area contributed by atoms with Crippen LogP contribution in [-0.4, -0.2) is 48.9 Å². The van der Waals surface area contributed by atoms with Crippen LogP contribution < -0.4 is 0 Å². The van der Waals surface area contributed by atoms with Crippen LogP contribution in [0.15, 0.2) is 17.8 Å². The van der Waals surface area contributed by atoms with Crippen LogP contribution in [0.2, 0.25) is 0 Å². The van der Waals surface area contributed by atoms with E-state index in [9.17, 15) is 0 Å². The fraction of sp³-hybridized carbons (Fsp3) is 0.667. The Morgan fingerprint density at radius 3 is 2.92 bits per heavy atom. The number of piperazine rings is 1. The lowest BCUT2D eigenvalue weighted by Gasteiger charge is -2.32. The van der Waals surface area contributed by atoms with Crippen molar-refractivity contribution in [3.8, 4) is 0 Å². The maximum absolute atomic E-state index is 4.42. The van der Waals surface area contributed by atoms with Gasteiger partial charge in [0.1, 0.15) is 5.84 Å². The quantitative estimate of drug-likeness (QED) is 0.605. The fourth-order valence-electron chi connectivity index (χ4n) is 1.34. The summed E-state index contributed by atoms with van der Waals surface area (Å²) in [7, 11) is 2.12. The highest BCUT2D eigenvalue weighted by molar-refractivity contribution is 5.85. The Balaban J connectivity index is 2.64. The Morgan fingerprint density at radius 1 is 1.58 bits per heavy atom. The molecular formula is C9H17N3. The summed E-state index contributed by atoms with van der Waals surface area (Å²) in [5, 5.41) is 0. The summed E-state index contributed by atoms with van der Waals surface area (Å²) in [6.45, 7) is 9.73. The van der Waals surface area contributed by atoms with Crippen LogP contribution in [0.1, 0.15) is 6.92 Å². The Labute approximate surface area is 74.4 Å². The Kier molecular flexibility index (Phi) is 3.29. The first-order valence-corrected chi connectivity index (χ1v) is 4.39. The molecule has 0 unspecified atom stereocenters. The van der Waals surface area contributed by atoms with Crippen molar-refractivity contribution in [3.63, 3.8) is 0 Å². The van der Waals surface area contributed by atoms with Crippen LogP contribution in [0, 0.1) is 0 Å². The predicted molar refractivity (Wildman–Crippen MR) is 52.4 cm³/mol. The average molecular weight is 167 g/mol. The molecule has 1 rings (SSSR count). The Morgan fingerprint density at radius 2 is 2.33 bits per heavy atom. The number of aliphatic imine (C=N–C) groups is 1. The van der Waals surface area contributed by atoms with E-state index in [1.165, 1.54) is 0 Å². The molecule has 0 amide bonds. The fourth-order valence-corrected chi connectivity index (χ4v) is 1.34. The van der Waals surface area contributed by atoms with Crippen LogP contribution >= 0.6 is 0 Å². The molecule has 12 heavy (non-hydrogen) atoms. The zero-order chi connectivity index (χ0) is 8.97. The lowest BCUT2D eigenvalue weighted by atomic mass is 10.3. The number of rotatable bonds is 2. The summed E-state index contributed by atoms with van der Waals surface area (Å²) in [4.78, 5) is 8.82. The maximum Gasteiger partial charge on any atom is 0.117 e. The second-order valence-corrected chi connectivity index (χ2v) is 3.00. The van der Waals surface area contributed by atoms with Gasteiger partial charge in [-0.15, -0.1) is 0 Å². The normalized spacial score (nSPS) is 23.2. The van der Waals surface area contributed by atoms with Gasteiger partial charge in [-0.3, -0.25) is 9.89 Å². The van der Waals surface area contributed by atoms with Gasteiger partial charge in [-0.05, 0) is 20.2 Å². The van der Waals surface area contributed by atoms with Crippen molar-refractivity contribution in [2.24, 2.45) is 4.99 Å². The number of nitrogens with zero attached hydrogens (tertiary/aromatic N) is 3. The van der Waals surface area contributed by atoms with Gasteiger partial charge in [-0.1, -0.05) is 6.58 Å². The van der Waals surface area contributed by atoms with E-state index in [0.717, 1.165) is 32.0 Å². The molecule has 0 aromatic rings. The van der Waals surface area contributed by atoms with Gasteiger partial charge in [-0.2, -0.15) is 0 Å². The summed E-state index contributed by atoms with van der Waals surface area (Å²) in [5.41, 5.74) is 0. The van der Waals surface area contributed by atoms with Gasteiger partial charge in [-0.25, -0.2) is 0 Å².